The van der Waals surface area contributed by atoms with Crippen molar-refractivity contribution in [3.8, 4) is 0 Å². The Hall–Kier alpha value is -1.85. The lowest BCUT2D eigenvalue weighted by molar-refractivity contribution is -0.162. The van der Waals surface area contributed by atoms with E-state index in [0.717, 1.165) is 19.4 Å². The maximum Gasteiger partial charge on any atom is 0.309 e. The van der Waals surface area contributed by atoms with Gasteiger partial charge in [-0.15, -0.1) is 0 Å². The third-order valence-corrected chi connectivity index (χ3v) is 4.39. The largest absolute Gasteiger partial charge is 0.463 e. The molecule has 0 radical (unpaired) electrons. The van der Waals surface area contributed by atoms with Gasteiger partial charge < -0.3 is 14.4 Å². The summed E-state index contributed by atoms with van der Waals surface area (Å²) in [5.74, 6) is -1.21. The summed E-state index contributed by atoms with van der Waals surface area (Å²) in [6, 6.07) is -0.0398. The van der Waals surface area contributed by atoms with Gasteiger partial charge in [-0.05, 0) is 46.5 Å². The maximum absolute atomic E-state index is 12.4. The number of carbonyl (C=O) groups excluding carboxylic acids is 3. The number of allylic oxidation sites excluding steroid dienone is 2. The zero-order valence-electron chi connectivity index (χ0n) is 15.5. The Morgan fingerprint density at radius 2 is 2.08 bits per heavy atom. The van der Waals surface area contributed by atoms with Gasteiger partial charge in [-0.3, -0.25) is 14.4 Å². The molecular weight excluding hydrogens is 322 g/mol. The first kappa shape index (κ1) is 19.5. The molecule has 6 nitrogen and oxygen atoms in total. The Balaban J connectivity index is 2.03. The fourth-order valence-electron chi connectivity index (χ4n) is 3.21. The van der Waals surface area contributed by atoms with Crippen LogP contribution >= 0.6 is 0 Å². The quantitative estimate of drug-likeness (QED) is 0.565. The van der Waals surface area contributed by atoms with Crippen LogP contribution in [0.1, 0.15) is 59.3 Å². The summed E-state index contributed by atoms with van der Waals surface area (Å²) in [6.07, 6.45) is 7.09. The van der Waals surface area contributed by atoms with Gasteiger partial charge in [0.1, 0.15) is 12.2 Å². The van der Waals surface area contributed by atoms with Crippen molar-refractivity contribution in [2.24, 2.45) is 5.92 Å². The van der Waals surface area contributed by atoms with Crippen molar-refractivity contribution in [1.82, 2.24) is 4.90 Å². The van der Waals surface area contributed by atoms with Crippen LogP contribution < -0.4 is 0 Å². The van der Waals surface area contributed by atoms with Crippen molar-refractivity contribution in [2.45, 2.75) is 70.9 Å². The number of esters is 2. The van der Waals surface area contributed by atoms with Crippen LogP contribution in [0.15, 0.2) is 12.2 Å². The highest BCUT2D eigenvalue weighted by Gasteiger charge is 2.31. The zero-order valence-corrected chi connectivity index (χ0v) is 15.5. The van der Waals surface area contributed by atoms with Crippen molar-refractivity contribution in [3.63, 3.8) is 0 Å². The smallest absolute Gasteiger partial charge is 0.309 e. The van der Waals surface area contributed by atoms with Crippen molar-refractivity contribution in [3.05, 3.63) is 12.2 Å². The molecule has 2 aliphatic rings. The summed E-state index contributed by atoms with van der Waals surface area (Å²) >= 11 is 0. The molecule has 2 atom stereocenters. The molecular formula is C19H29NO5. The molecule has 1 amide bonds. The minimum absolute atomic E-state index is 0.00769. The van der Waals surface area contributed by atoms with Crippen molar-refractivity contribution in [2.75, 3.05) is 13.2 Å². The zero-order chi connectivity index (χ0) is 18.4. The fourth-order valence-corrected chi connectivity index (χ4v) is 3.21. The van der Waals surface area contributed by atoms with Gasteiger partial charge in [-0.2, -0.15) is 0 Å². The van der Waals surface area contributed by atoms with Crippen LogP contribution in [0.3, 0.4) is 0 Å². The normalized spacial score (nSPS) is 26.9. The number of hydrogen-bond acceptors (Lipinski definition) is 5. The molecule has 0 aliphatic carbocycles. The Bertz CT molecular complexity index is 534. The molecule has 2 rings (SSSR count). The molecule has 0 bridgehead atoms. The molecule has 1 saturated heterocycles. The standard InChI is InChI=1S/C19H29NO5/c1-19(2,3)25-17(22)12-14-8-5-4-6-10-16(21)20-11-7-9-15(20)13-24-18(14)23/h4-5,14-15H,6-13H2,1-3H3/b5-4+/t14-,15-/m0/s1. The van der Waals surface area contributed by atoms with E-state index in [2.05, 4.69) is 0 Å². The molecule has 0 unspecified atom stereocenters. The maximum atomic E-state index is 12.4. The van der Waals surface area contributed by atoms with Gasteiger partial charge in [0.05, 0.1) is 18.4 Å². The highest BCUT2D eigenvalue weighted by Crippen LogP contribution is 2.22. The topological polar surface area (TPSA) is 72.9 Å². The van der Waals surface area contributed by atoms with Crippen LogP contribution in [0.25, 0.3) is 0 Å². The van der Waals surface area contributed by atoms with Crippen LogP contribution in [0.4, 0.5) is 0 Å². The SMILES string of the molecule is CC(C)(C)OC(=O)C[C@@H]1C/C=C/CCC(=O)N2CCC[C@H]2COC1=O. The molecule has 2 aliphatic heterocycles. The number of hydrogen-bond donors (Lipinski definition) is 0. The number of carbonyl (C=O) groups is 3. The lowest BCUT2D eigenvalue weighted by Crippen LogP contribution is -2.39. The molecule has 0 spiro atoms. The minimum atomic E-state index is -0.576. The molecule has 0 N–H and O–H groups in total. The number of nitrogens with zero attached hydrogens (tertiary/aromatic N) is 1. The third kappa shape index (κ3) is 6.18. The summed E-state index contributed by atoms with van der Waals surface area (Å²) in [6.45, 7) is 6.34. The first-order valence-electron chi connectivity index (χ1n) is 9.09. The van der Waals surface area contributed by atoms with Gasteiger partial charge >= 0.3 is 11.9 Å². The van der Waals surface area contributed by atoms with Crippen molar-refractivity contribution in [1.29, 1.82) is 0 Å². The molecule has 25 heavy (non-hydrogen) atoms. The van der Waals surface area contributed by atoms with E-state index < -0.39 is 23.5 Å². The predicted octanol–water partition coefficient (Wildman–Crippen LogP) is 2.61. The molecule has 2 heterocycles. The Labute approximate surface area is 149 Å². The molecule has 0 aromatic heterocycles. The van der Waals surface area contributed by atoms with Crippen LogP contribution in [0.5, 0.6) is 0 Å². The van der Waals surface area contributed by atoms with Crippen LogP contribution in [0, 0.1) is 5.92 Å². The second kappa shape index (κ2) is 8.50. The van der Waals surface area contributed by atoms with Gasteiger partial charge in [-0.25, -0.2) is 0 Å². The first-order chi connectivity index (χ1) is 11.8. The van der Waals surface area contributed by atoms with E-state index in [1.165, 1.54) is 0 Å². The number of amides is 1. The minimum Gasteiger partial charge on any atom is -0.463 e. The monoisotopic (exact) mass is 351 g/mol. The number of ether oxygens (including phenoxy) is 2. The van der Waals surface area contributed by atoms with Gasteiger partial charge in [-0.1, -0.05) is 12.2 Å². The summed E-state index contributed by atoms with van der Waals surface area (Å²) < 4.78 is 10.8. The lowest BCUT2D eigenvalue weighted by Gasteiger charge is -2.26. The number of cyclic esters (lactones) is 1. The summed E-state index contributed by atoms with van der Waals surface area (Å²) in [4.78, 5) is 38.6. The van der Waals surface area contributed by atoms with Gasteiger partial charge in [0, 0.05) is 13.0 Å². The summed E-state index contributed by atoms with van der Waals surface area (Å²) in [5.41, 5.74) is -0.576. The van der Waals surface area contributed by atoms with Crippen LogP contribution in [0.2, 0.25) is 0 Å². The van der Waals surface area contributed by atoms with Crippen LogP contribution in [-0.4, -0.2) is 47.5 Å². The van der Waals surface area contributed by atoms with Gasteiger partial charge in [0.15, 0.2) is 0 Å². The number of fused-ring (bicyclic) bond motifs is 1. The van der Waals surface area contributed by atoms with E-state index in [0.29, 0.717) is 19.3 Å². The third-order valence-electron chi connectivity index (χ3n) is 4.39. The molecule has 1 fully saturated rings. The fraction of sp³-hybridized carbons (Fsp3) is 0.737. The average molecular weight is 351 g/mol. The number of rotatable bonds is 2. The average Bonchev–Trinajstić information content (AvgIpc) is 2.96. The van der Waals surface area contributed by atoms with E-state index in [4.69, 9.17) is 9.47 Å². The van der Waals surface area contributed by atoms with Gasteiger partial charge in [0.2, 0.25) is 5.91 Å². The van der Waals surface area contributed by atoms with E-state index >= 15 is 0 Å². The molecule has 140 valence electrons. The molecule has 0 aromatic carbocycles. The predicted molar refractivity (Wildman–Crippen MR) is 92.6 cm³/mol. The Morgan fingerprint density at radius 1 is 1.32 bits per heavy atom. The molecule has 0 aromatic rings. The first-order valence-corrected chi connectivity index (χ1v) is 9.09. The van der Waals surface area contributed by atoms with E-state index in [-0.39, 0.29) is 25.0 Å². The highest BCUT2D eigenvalue weighted by molar-refractivity contribution is 5.80. The highest BCUT2D eigenvalue weighted by atomic mass is 16.6. The Kier molecular flexibility index (Phi) is 6.62. The van der Waals surface area contributed by atoms with Gasteiger partial charge in [0.25, 0.3) is 0 Å². The van der Waals surface area contributed by atoms with E-state index in [1.54, 1.807) is 20.8 Å². The Morgan fingerprint density at radius 3 is 2.80 bits per heavy atom. The molecule has 6 heteroatoms. The van der Waals surface area contributed by atoms with E-state index in [1.807, 2.05) is 17.1 Å². The van der Waals surface area contributed by atoms with E-state index in [9.17, 15) is 14.4 Å². The van der Waals surface area contributed by atoms with Crippen LogP contribution in [-0.2, 0) is 23.9 Å². The second-order valence-corrected chi connectivity index (χ2v) is 7.75. The lowest BCUT2D eigenvalue weighted by atomic mass is 10.0. The van der Waals surface area contributed by atoms with Crippen molar-refractivity contribution < 1.29 is 23.9 Å². The summed E-state index contributed by atoms with van der Waals surface area (Å²) in [5, 5.41) is 0. The van der Waals surface area contributed by atoms with Crippen molar-refractivity contribution >= 4 is 17.8 Å². The second-order valence-electron chi connectivity index (χ2n) is 7.75. The molecule has 0 saturated carbocycles. The summed E-state index contributed by atoms with van der Waals surface area (Å²) in [7, 11) is 0.